The molecule has 9 heteroatoms. The molecular weight excluding hydrogens is 368 g/mol. The number of hydrogen-bond acceptors (Lipinski definition) is 5. The minimum atomic E-state index is -0.678. The van der Waals surface area contributed by atoms with Crippen LogP contribution in [0.25, 0.3) is 0 Å². The van der Waals surface area contributed by atoms with Gasteiger partial charge in [-0.25, -0.2) is 13.6 Å². The van der Waals surface area contributed by atoms with Crippen LogP contribution in [0, 0.1) is 11.6 Å². The van der Waals surface area contributed by atoms with Gasteiger partial charge in [0.25, 0.3) is 0 Å². The molecule has 0 radical (unpaired) electrons. The van der Waals surface area contributed by atoms with Gasteiger partial charge in [0.05, 0.1) is 37.4 Å². The Morgan fingerprint density at radius 3 is 2.27 bits per heavy atom. The number of ether oxygens (including phenoxy) is 2. The molecule has 0 spiro atoms. The zero-order valence-electron chi connectivity index (χ0n) is 14.2. The van der Waals surface area contributed by atoms with Crippen LogP contribution in [0.3, 0.4) is 0 Å². The van der Waals surface area contributed by atoms with Crippen molar-refractivity contribution in [2.75, 3.05) is 61.6 Å². The molecule has 0 saturated carbocycles. The summed E-state index contributed by atoms with van der Waals surface area (Å²) in [5, 5.41) is 0. The Morgan fingerprint density at radius 2 is 1.77 bits per heavy atom. The predicted molar refractivity (Wildman–Crippen MR) is 93.1 cm³/mol. The number of carbonyl (C=O) groups excluding carboxylic acids is 1. The van der Waals surface area contributed by atoms with Crippen LogP contribution in [0.1, 0.15) is 0 Å². The van der Waals surface area contributed by atoms with Crippen molar-refractivity contribution in [3.63, 3.8) is 0 Å². The van der Waals surface area contributed by atoms with E-state index >= 15 is 0 Å². The number of alkyl halides is 1. The highest BCUT2D eigenvalue weighted by Crippen LogP contribution is 2.32. The fourth-order valence-electron chi connectivity index (χ4n) is 3.57. The van der Waals surface area contributed by atoms with E-state index in [-0.39, 0.29) is 23.8 Å². The number of halogens is 3. The highest BCUT2D eigenvalue weighted by atomic mass is 35.5. The van der Waals surface area contributed by atoms with Gasteiger partial charge < -0.3 is 14.4 Å². The monoisotopic (exact) mass is 387 g/mol. The van der Waals surface area contributed by atoms with Gasteiger partial charge in [-0.1, -0.05) is 0 Å². The van der Waals surface area contributed by atoms with Crippen LogP contribution in [0.2, 0.25) is 0 Å². The third kappa shape index (κ3) is 3.21. The standard InChI is InChI=1S/C17H20ClF2N3O3/c18-7-13-8-23(17(24)26-13)11-5-14(19)16(15(20)6-11)22-3-1-21(2-4-22)12-9-25-10-12/h5-6,12-13H,1-4,7-10H2. The van der Waals surface area contributed by atoms with E-state index in [4.69, 9.17) is 21.1 Å². The van der Waals surface area contributed by atoms with E-state index in [1.165, 1.54) is 17.0 Å². The Hall–Kier alpha value is -1.64. The fraction of sp³-hybridized carbons (Fsp3) is 0.588. The first-order valence-corrected chi connectivity index (χ1v) is 9.20. The van der Waals surface area contributed by atoms with Crippen molar-refractivity contribution in [1.29, 1.82) is 0 Å². The van der Waals surface area contributed by atoms with Crippen molar-refractivity contribution >= 4 is 29.1 Å². The van der Waals surface area contributed by atoms with E-state index in [0.717, 1.165) is 26.3 Å². The van der Waals surface area contributed by atoms with E-state index < -0.39 is 23.8 Å². The molecule has 1 unspecified atom stereocenters. The van der Waals surface area contributed by atoms with E-state index in [2.05, 4.69) is 4.90 Å². The zero-order valence-corrected chi connectivity index (χ0v) is 14.9. The van der Waals surface area contributed by atoms with Crippen molar-refractivity contribution in [3.8, 4) is 0 Å². The molecule has 26 heavy (non-hydrogen) atoms. The Kier molecular flexibility index (Phi) is 4.90. The summed E-state index contributed by atoms with van der Waals surface area (Å²) in [6.45, 7) is 4.21. The smallest absolute Gasteiger partial charge is 0.414 e. The summed E-state index contributed by atoms with van der Waals surface area (Å²) in [5.41, 5.74) is 0.103. The van der Waals surface area contributed by atoms with E-state index in [9.17, 15) is 13.6 Å². The molecule has 0 aliphatic carbocycles. The molecule has 4 rings (SSSR count). The minimum absolute atomic E-state index is 0.0419. The van der Waals surface area contributed by atoms with Crippen LogP contribution in [-0.4, -0.2) is 75.0 Å². The van der Waals surface area contributed by atoms with Gasteiger partial charge in [0.1, 0.15) is 11.8 Å². The van der Waals surface area contributed by atoms with Crippen LogP contribution < -0.4 is 9.80 Å². The Balaban J connectivity index is 1.49. The number of cyclic esters (lactones) is 1. The van der Waals surface area contributed by atoms with Crippen molar-refractivity contribution in [1.82, 2.24) is 4.90 Å². The van der Waals surface area contributed by atoms with Crippen molar-refractivity contribution in [2.45, 2.75) is 12.1 Å². The third-order valence-corrected chi connectivity index (χ3v) is 5.47. The molecule has 0 bridgehead atoms. The van der Waals surface area contributed by atoms with Gasteiger partial charge in [-0.15, -0.1) is 11.6 Å². The minimum Gasteiger partial charge on any atom is -0.443 e. The number of amides is 1. The van der Waals surface area contributed by atoms with E-state index in [1.54, 1.807) is 4.90 Å². The second-order valence-corrected chi connectivity index (χ2v) is 7.05. The van der Waals surface area contributed by atoms with Crippen molar-refractivity contribution in [3.05, 3.63) is 23.8 Å². The van der Waals surface area contributed by atoms with E-state index in [1.807, 2.05) is 0 Å². The SMILES string of the molecule is O=C1OC(CCl)CN1c1cc(F)c(N2CCN(C3COC3)CC2)c(F)c1. The van der Waals surface area contributed by atoms with Crippen LogP contribution in [-0.2, 0) is 9.47 Å². The summed E-state index contributed by atoms with van der Waals surface area (Å²) in [4.78, 5) is 17.1. The van der Waals surface area contributed by atoms with Crippen LogP contribution >= 0.6 is 11.6 Å². The first-order chi connectivity index (χ1) is 12.6. The molecule has 0 N–H and O–H groups in total. The lowest BCUT2D eigenvalue weighted by Gasteiger charge is -2.43. The molecule has 3 fully saturated rings. The van der Waals surface area contributed by atoms with Crippen LogP contribution in [0.5, 0.6) is 0 Å². The molecule has 3 aliphatic heterocycles. The van der Waals surface area contributed by atoms with Gasteiger partial charge in [-0.2, -0.15) is 0 Å². The normalized spacial score (nSPS) is 24.7. The molecule has 6 nitrogen and oxygen atoms in total. The summed E-state index contributed by atoms with van der Waals surface area (Å²) >= 11 is 5.69. The van der Waals surface area contributed by atoms with Crippen molar-refractivity contribution in [2.24, 2.45) is 0 Å². The Labute approximate surface area is 155 Å². The lowest BCUT2D eigenvalue weighted by atomic mass is 10.1. The van der Waals surface area contributed by atoms with Gasteiger partial charge in [0.15, 0.2) is 11.6 Å². The number of hydrogen-bond donors (Lipinski definition) is 0. The van der Waals surface area contributed by atoms with Crippen LogP contribution in [0.15, 0.2) is 12.1 Å². The lowest BCUT2D eigenvalue weighted by Crippen LogP contribution is -2.56. The summed E-state index contributed by atoms with van der Waals surface area (Å²) in [7, 11) is 0. The first-order valence-electron chi connectivity index (χ1n) is 8.66. The number of piperazine rings is 1. The molecule has 1 aromatic carbocycles. The van der Waals surface area contributed by atoms with Gasteiger partial charge in [0.2, 0.25) is 0 Å². The quantitative estimate of drug-likeness (QED) is 0.740. The summed E-state index contributed by atoms with van der Waals surface area (Å²) < 4.78 is 39.6. The van der Waals surface area contributed by atoms with Gasteiger partial charge >= 0.3 is 6.09 Å². The number of carbonyl (C=O) groups is 1. The maximum atomic E-state index is 14.7. The Bertz CT molecular complexity index is 673. The second-order valence-electron chi connectivity index (χ2n) is 6.74. The number of anilines is 2. The fourth-order valence-corrected chi connectivity index (χ4v) is 3.73. The molecule has 1 aromatic rings. The largest absolute Gasteiger partial charge is 0.443 e. The van der Waals surface area contributed by atoms with Crippen molar-refractivity contribution < 1.29 is 23.0 Å². The Morgan fingerprint density at radius 1 is 1.12 bits per heavy atom. The summed E-state index contributed by atoms with van der Waals surface area (Å²) in [6, 6.07) is 2.79. The summed E-state index contributed by atoms with van der Waals surface area (Å²) in [5.74, 6) is -1.22. The molecule has 3 heterocycles. The predicted octanol–water partition coefficient (Wildman–Crippen LogP) is 2.05. The number of benzene rings is 1. The second kappa shape index (κ2) is 7.17. The highest BCUT2D eigenvalue weighted by Gasteiger charge is 2.34. The molecule has 1 amide bonds. The average Bonchev–Trinajstić information content (AvgIpc) is 2.95. The average molecular weight is 388 g/mol. The topological polar surface area (TPSA) is 45.2 Å². The van der Waals surface area contributed by atoms with E-state index in [0.29, 0.717) is 19.1 Å². The highest BCUT2D eigenvalue weighted by molar-refractivity contribution is 6.18. The summed E-state index contributed by atoms with van der Waals surface area (Å²) in [6.07, 6.45) is -1.11. The molecule has 142 valence electrons. The van der Waals surface area contributed by atoms with Gasteiger partial charge in [-0.3, -0.25) is 9.80 Å². The zero-order chi connectivity index (χ0) is 18.3. The molecule has 3 aliphatic rings. The first kappa shape index (κ1) is 17.8. The number of rotatable bonds is 4. The molecule has 1 atom stereocenters. The van der Waals surface area contributed by atoms with Gasteiger partial charge in [0, 0.05) is 38.3 Å². The maximum Gasteiger partial charge on any atom is 0.414 e. The molecule has 0 aromatic heterocycles. The lowest BCUT2D eigenvalue weighted by molar-refractivity contribution is -0.0661. The maximum absolute atomic E-state index is 14.7. The molecule has 3 saturated heterocycles. The number of nitrogens with zero attached hydrogens (tertiary/aromatic N) is 3. The third-order valence-electron chi connectivity index (χ3n) is 5.13. The van der Waals surface area contributed by atoms with Crippen LogP contribution in [0.4, 0.5) is 25.0 Å². The molecular formula is C17H20ClF2N3O3. The van der Waals surface area contributed by atoms with Gasteiger partial charge in [-0.05, 0) is 0 Å².